The molecule has 0 aliphatic rings. The molecule has 6 heteroatoms. The van der Waals surface area contributed by atoms with E-state index in [2.05, 4.69) is 17.4 Å². The topological polar surface area (TPSA) is 30.5 Å². The molecule has 0 amide bonds. The van der Waals surface area contributed by atoms with Crippen molar-refractivity contribution in [3.05, 3.63) is 93.5 Å². The Labute approximate surface area is 188 Å². The van der Waals surface area contributed by atoms with Gasteiger partial charge in [0.05, 0.1) is 6.61 Å². The van der Waals surface area contributed by atoms with Crippen LogP contribution in [0.15, 0.2) is 66.7 Å². The summed E-state index contributed by atoms with van der Waals surface area (Å²) in [5.74, 6) is 1.46. The van der Waals surface area contributed by atoms with E-state index in [1.54, 1.807) is 6.07 Å². The lowest BCUT2D eigenvalue weighted by molar-refractivity contribution is 0.266. The van der Waals surface area contributed by atoms with Gasteiger partial charge in [-0.3, -0.25) is 0 Å². The Kier molecular flexibility index (Phi) is 9.62. The lowest BCUT2D eigenvalue weighted by Gasteiger charge is -2.17. The first-order valence-corrected chi connectivity index (χ1v) is 9.99. The summed E-state index contributed by atoms with van der Waals surface area (Å²) in [6, 6.07) is 21.6. The first-order valence-electron chi connectivity index (χ1n) is 9.23. The van der Waals surface area contributed by atoms with Gasteiger partial charge in [-0.25, -0.2) is 0 Å². The van der Waals surface area contributed by atoms with Gasteiger partial charge >= 0.3 is 0 Å². The molecular weight excluding hydrogens is 429 g/mol. The third-order valence-electron chi connectivity index (χ3n) is 4.23. The minimum Gasteiger partial charge on any atom is -0.490 e. The van der Waals surface area contributed by atoms with E-state index in [0.29, 0.717) is 29.8 Å². The number of para-hydroxylation sites is 1. The van der Waals surface area contributed by atoms with Crippen LogP contribution in [0.5, 0.6) is 11.5 Å². The van der Waals surface area contributed by atoms with E-state index in [1.807, 2.05) is 55.5 Å². The van der Waals surface area contributed by atoms with E-state index >= 15 is 0 Å². The van der Waals surface area contributed by atoms with Gasteiger partial charge in [-0.05, 0) is 30.7 Å². The summed E-state index contributed by atoms with van der Waals surface area (Å²) in [6.07, 6.45) is 0. The zero-order chi connectivity index (χ0) is 19.8. The number of hydrogen-bond donors (Lipinski definition) is 1. The second-order valence-electron chi connectivity index (χ2n) is 6.29. The maximum absolute atomic E-state index is 6.28. The molecule has 0 bridgehead atoms. The summed E-state index contributed by atoms with van der Waals surface area (Å²) in [4.78, 5) is 0. The molecule has 0 saturated carbocycles. The Balaban J connectivity index is 0.00000300. The third kappa shape index (κ3) is 6.83. The van der Waals surface area contributed by atoms with Crippen LogP contribution in [0.25, 0.3) is 0 Å². The molecule has 0 aromatic heterocycles. The molecule has 0 radical (unpaired) electrons. The quantitative estimate of drug-likeness (QED) is 0.392. The molecule has 3 aromatic carbocycles. The highest BCUT2D eigenvalue weighted by molar-refractivity contribution is 6.35. The standard InChI is InChI=1S/C23H23Cl2NO2.ClH/c1-2-27-22-10-6-9-18(15-26-14-17-7-4-3-5-8-17)23(22)28-16-19-11-12-20(24)13-21(19)25;/h3-13,26H,2,14-16H2,1H3;1H. The molecule has 29 heavy (non-hydrogen) atoms. The minimum atomic E-state index is 0. The van der Waals surface area contributed by atoms with Crippen molar-refractivity contribution in [1.82, 2.24) is 5.32 Å². The van der Waals surface area contributed by atoms with Crippen LogP contribution in [0, 0.1) is 0 Å². The van der Waals surface area contributed by atoms with E-state index in [-0.39, 0.29) is 12.4 Å². The van der Waals surface area contributed by atoms with Crippen LogP contribution in [0.2, 0.25) is 10.0 Å². The first kappa shape index (κ1) is 23.4. The molecule has 154 valence electrons. The zero-order valence-electron chi connectivity index (χ0n) is 16.2. The molecule has 3 aromatic rings. The van der Waals surface area contributed by atoms with Crippen molar-refractivity contribution in [1.29, 1.82) is 0 Å². The molecule has 0 fully saturated rings. The molecule has 0 atom stereocenters. The maximum atomic E-state index is 6.28. The largest absolute Gasteiger partial charge is 0.490 e. The lowest BCUT2D eigenvalue weighted by Crippen LogP contribution is -2.14. The first-order chi connectivity index (χ1) is 13.7. The number of hydrogen-bond acceptors (Lipinski definition) is 3. The number of ether oxygens (including phenoxy) is 2. The monoisotopic (exact) mass is 451 g/mol. The van der Waals surface area contributed by atoms with Gasteiger partial charge < -0.3 is 14.8 Å². The highest BCUT2D eigenvalue weighted by atomic mass is 35.5. The fourth-order valence-corrected chi connectivity index (χ4v) is 3.32. The fraction of sp³-hybridized carbons (Fsp3) is 0.217. The Hall–Kier alpha value is -1.91. The highest BCUT2D eigenvalue weighted by Gasteiger charge is 2.12. The van der Waals surface area contributed by atoms with Crippen LogP contribution in [-0.2, 0) is 19.7 Å². The van der Waals surface area contributed by atoms with Gasteiger partial charge in [-0.2, -0.15) is 0 Å². The molecule has 0 heterocycles. The number of halogens is 3. The van der Waals surface area contributed by atoms with Crippen LogP contribution in [0.3, 0.4) is 0 Å². The van der Waals surface area contributed by atoms with Crippen molar-refractivity contribution in [2.45, 2.75) is 26.6 Å². The van der Waals surface area contributed by atoms with Crippen molar-refractivity contribution >= 4 is 35.6 Å². The van der Waals surface area contributed by atoms with Gasteiger partial charge in [-0.1, -0.05) is 71.7 Å². The lowest BCUT2D eigenvalue weighted by atomic mass is 10.1. The van der Waals surface area contributed by atoms with Crippen LogP contribution < -0.4 is 14.8 Å². The Morgan fingerprint density at radius 2 is 1.62 bits per heavy atom. The Bertz CT molecular complexity index is 904. The molecule has 0 unspecified atom stereocenters. The van der Waals surface area contributed by atoms with Gasteiger partial charge in [0, 0.05) is 34.3 Å². The van der Waals surface area contributed by atoms with Gasteiger partial charge in [-0.15, -0.1) is 12.4 Å². The fourth-order valence-electron chi connectivity index (χ4n) is 2.86. The summed E-state index contributed by atoms with van der Waals surface area (Å²) >= 11 is 12.3. The van der Waals surface area contributed by atoms with E-state index < -0.39 is 0 Å². The summed E-state index contributed by atoms with van der Waals surface area (Å²) in [7, 11) is 0. The van der Waals surface area contributed by atoms with Gasteiger partial charge in [0.25, 0.3) is 0 Å². The summed E-state index contributed by atoms with van der Waals surface area (Å²) in [5.41, 5.74) is 3.14. The molecule has 0 saturated heterocycles. The molecule has 0 aliphatic heterocycles. The van der Waals surface area contributed by atoms with Gasteiger partial charge in [0.15, 0.2) is 11.5 Å². The third-order valence-corrected chi connectivity index (χ3v) is 4.82. The molecule has 0 aliphatic carbocycles. The predicted octanol–water partition coefficient (Wildman–Crippen LogP) is 6.68. The Morgan fingerprint density at radius 1 is 0.828 bits per heavy atom. The van der Waals surface area contributed by atoms with Gasteiger partial charge in [0.2, 0.25) is 0 Å². The summed E-state index contributed by atoms with van der Waals surface area (Å²) in [5, 5.41) is 4.66. The molecule has 3 nitrogen and oxygen atoms in total. The zero-order valence-corrected chi connectivity index (χ0v) is 18.5. The van der Waals surface area contributed by atoms with E-state index in [4.69, 9.17) is 32.7 Å². The van der Waals surface area contributed by atoms with Crippen LogP contribution in [-0.4, -0.2) is 6.61 Å². The molecule has 0 spiro atoms. The summed E-state index contributed by atoms with van der Waals surface area (Å²) in [6.45, 7) is 4.31. The average molecular weight is 453 g/mol. The number of nitrogens with one attached hydrogen (secondary N) is 1. The highest BCUT2D eigenvalue weighted by Crippen LogP contribution is 2.33. The smallest absolute Gasteiger partial charge is 0.166 e. The SMILES string of the molecule is CCOc1cccc(CNCc2ccccc2)c1OCc1ccc(Cl)cc1Cl.Cl. The molecule has 1 N–H and O–H groups in total. The number of rotatable bonds is 9. The number of benzene rings is 3. The van der Waals surface area contributed by atoms with E-state index in [1.165, 1.54) is 5.56 Å². The van der Waals surface area contributed by atoms with Crippen LogP contribution in [0.1, 0.15) is 23.6 Å². The van der Waals surface area contributed by atoms with Crippen molar-refractivity contribution in [3.8, 4) is 11.5 Å². The summed E-state index contributed by atoms with van der Waals surface area (Å²) < 4.78 is 11.9. The van der Waals surface area contributed by atoms with E-state index in [0.717, 1.165) is 29.2 Å². The van der Waals surface area contributed by atoms with Crippen molar-refractivity contribution in [2.24, 2.45) is 0 Å². The normalized spacial score (nSPS) is 10.3. The average Bonchev–Trinajstić information content (AvgIpc) is 2.70. The van der Waals surface area contributed by atoms with E-state index in [9.17, 15) is 0 Å². The Morgan fingerprint density at radius 3 is 2.34 bits per heavy atom. The van der Waals surface area contributed by atoms with Crippen molar-refractivity contribution in [3.63, 3.8) is 0 Å². The van der Waals surface area contributed by atoms with Crippen molar-refractivity contribution in [2.75, 3.05) is 6.61 Å². The van der Waals surface area contributed by atoms with Gasteiger partial charge in [0.1, 0.15) is 6.61 Å². The van der Waals surface area contributed by atoms with Crippen molar-refractivity contribution < 1.29 is 9.47 Å². The predicted molar refractivity (Wildman–Crippen MR) is 123 cm³/mol. The van der Waals surface area contributed by atoms with Crippen LogP contribution in [0.4, 0.5) is 0 Å². The second-order valence-corrected chi connectivity index (χ2v) is 7.13. The van der Waals surface area contributed by atoms with Crippen LogP contribution >= 0.6 is 35.6 Å². The molecular formula is C23H24Cl3NO2. The maximum Gasteiger partial charge on any atom is 0.166 e. The molecule has 3 rings (SSSR count). The second kappa shape index (κ2) is 11.9. The minimum absolute atomic E-state index is 0.